The van der Waals surface area contributed by atoms with Crippen molar-refractivity contribution in [2.75, 3.05) is 6.61 Å². The molecule has 0 radical (unpaired) electrons. The fourth-order valence-corrected chi connectivity index (χ4v) is 3.10. The predicted molar refractivity (Wildman–Crippen MR) is 72.4 cm³/mol. The van der Waals surface area contributed by atoms with E-state index >= 15 is 0 Å². The molecule has 6 heteroatoms. The van der Waals surface area contributed by atoms with Gasteiger partial charge in [-0.05, 0) is 18.1 Å². The molecule has 0 spiro atoms. The maximum atomic E-state index is 9.23. The highest BCUT2D eigenvalue weighted by molar-refractivity contribution is 6.74. The van der Waals surface area contributed by atoms with Crippen LogP contribution in [0.5, 0.6) is 0 Å². The monoisotopic (exact) mass is 261 g/mol. The van der Waals surface area contributed by atoms with E-state index in [0.717, 1.165) is 0 Å². The minimum Gasteiger partial charge on any atom is -0.409 e. The van der Waals surface area contributed by atoms with Gasteiger partial charge in [-0.25, -0.2) is 0 Å². The maximum Gasteiger partial charge on any atom is 0.211 e. The summed E-state index contributed by atoms with van der Waals surface area (Å²) in [5.74, 6) is 0. The van der Waals surface area contributed by atoms with E-state index in [-0.39, 0.29) is 23.8 Å². The largest absolute Gasteiger partial charge is 0.409 e. The van der Waals surface area contributed by atoms with Crippen LogP contribution in [0.25, 0.3) is 0 Å². The Balaban J connectivity index is 2.82. The van der Waals surface area contributed by atoms with Gasteiger partial charge in [-0.3, -0.25) is 0 Å². The molecule has 0 aromatic heterocycles. The summed E-state index contributed by atoms with van der Waals surface area (Å²) in [5, 5.41) is 14.0. The van der Waals surface area contributed by atoms with Crippen molar-refractivity contribution in [1.82, 2.24) is 0 Å². The van der Waals surface area contributed by atoms with Gasteiger partial charge in [-0.15, -0.1) is 0 Å². The first-order chi connectivity index (χ1) is 8.14. The summed E-state index contributed by atoms with van der Waals surface area (Å²) in [6.07, 6.45) is -1.26. The summed E-state index contributed by atoms with van der Waals surface area (Å²) in [6.45, 7) is 10.7. The first-order valence-corrected chi connectivity index (χ1v) is 9.11. The molecule has 1 rings (SSSR count). The van der Waals surface area contributed by atoms with Crippen LogP contribution in [0.3, 0.4) is 0 Å². The standard InChI is InChI=1S/C11H25BO4Si/c1-11(2,3)17(4,5)16-9-8(14)7(6-13)15-10(9)12/h7-10,13-14H,6,12H2,1-5H3/t7-,8+,9?,10-/m1/s1/i14D. The summed E-state index contributed by atoms with van der Waals surface area (Å²) in [6, 6.07) is -0.161. The zero-order valence-electron chi connectivity index (χ0n) is 12.7. The second-order valence-corrected chi connectivity index (χ2v) is 11.1. The molecule has 0 aromatic rings. The van der Waals surface area contributed by atoms with Crippen LogP contribution in [0, 0.1) is 0 Å². The van der Waals surface area contributed by atoms with Gasteiger partial charge in [0.2, 0.25) is 1.43 Å². The summed E-state index contributed by atoms with van der Waals surface area (Å²) in [7, 11) is -0.0349. The van der Waals surface area contributed by atoms with E-state index in [9.17, 15) is 5.11 Å². The Hall–Kier alpha value is 0.122. The smallest absolute Gasteiger partial charge is 0.211 e. The number of hydrogen-bond acceptors (Lipinski definition) is 4. The molecular formula is C11H25BO4Si. The van der Waals surface area contributed by atoms with Gasteiger partial charge in [0.1, 0.15) is 20.1 Å². The lowest BCUT2D eigenvalue weighted by Crippen LogP contribution is -2.49. The highest BCUT2D eigenvalue weighted by atomic mass is 28.4. The molecule has 0 saturated carbocycles. The SMILES string of the molecule is [2H]O[C@@H]1C(O[Si](C)(C)C(C)(C)C)[C@H](B)O[C@@H]1CO. The van der Waals surface area contributed by atoms with E-state index in [1.807, 2.05) is 7.85 Å². The molecular weight excluding hydrogens is 235 g/mol. The highest BCUT2D eigenvalue weighted by Gasteiger charge is 2.47. The van der Waals surface area contributed by atoms with E-state index in [0.29, 0.717) is 0 Å². The van der Waals surface area contributed by atoms with Crippen LogP contribution >= 0.6 is 0 Å². The summed E-state index contributed by atoms with van der Waals surface area (Å²) >= 11 is 0. The van der Waals surface area contributed by atoms with Crippen molar-refractivity contribution < 1.29 is 19.4 Å². The summed E-state index contributed by atoms with van der Waals surface area (Å²) < 4.78 is 19.0. The minimum atomic E-state index is -1.94. The van der Waals surface area contributed by atoms with Crippen LogP contribution in [-0.2, 0) is 9.16 Å². The Bertz CT molecular complexity index is 285. The molecule has 100 valence electrons. The van der Waals surface area contributed by atoms with E-state index in [2.05, 4.69) is 33.9 Å². The normalized spacial score (nSPS) is 36.0. The van der Waals surface area contributed by atoms with Crippen LogP contribution in [0.15, 0.2) is 0 Å². The van der Waals surface area contributed by atoms with Gasteiger partial charge >= 0.3 is 0 Å². The Morgan fingerprint density at radius 2 is 2.06 bits per heavy atom. The maximum absolute atomic E-state index is 9.23. The average molecular weight is 261 g/mol. The minimum absolute atomic E-state index is 0.0938. The quantitative estimate of drug-likeness (QED) is 0.704. The summed E-state index contributed by atoms with van der Waals surface area (Å²) in [4.78, 5) is 0. The number of ether oxygens (including phenoxy) is 1. The van der Waals surface area contributed by atoms with Gasteiger partial charge in [-0.1, -0.05) is 20.8 Å². The molecule has 1 aliphatic rings. The molecule has 0 amide bonds. The second-order valence-electron chi connectivity index (χ2n) is 6.37. The number of hydrogen-bond donors (Lipinski definition) is 2. The lowest BCUT2D eigenvalue weighted by atomic mass is 9.93. The Kier molecular flexibility index (Phi) is 3.99. The molecule has 1 fully saturated rings. The lowest BCUT2D eigenvalue weighted by molar-refractivity contribution is -0.00796. The number of aliphatic hydroxyl groups is 2. The van der Waals surface area contributed by atoms with E-state index in [4.69, 9.17) is 15.7 Å². The predicted octanol–water partition coefficient (Wildman–Crippen LogP) is 0.0880. The molecule has 4 atom stereocenters. The third kappa shape index (κ3) is 3.12. The molecule has 1 aliphatic heterocycles. The zero-order chi connectivity index (χ0) is 14.1. The zero-order valence-corrected chi connectivity index (χ0v) is 12.7. The summed E-state index contributed by atoms with van der Waals surface area (Å²) in [5.41, 5.74) is 0. The molecule has 2 N–H and O–H groups in total. The first kappa shape index (κ1) is 13.6. The molecule has 17 heavy (non-hydrogen) atoms. The van der Waals surface area contributed by atoms with Gasteiger partial charge in [0.25, 0.3) is 0 Å². The van der Waals surface area contributed by atoms with Crippen molar-refractivity contribution in [2.24, 2.45) is 0 Å². The fourth-order valence-electron chi connectivity index (χ4n) is 1.74. The van der Waals surface area contributed by atoms with E-state index < -0.39 is 20.5 Å². The Labute approximate surface area is 107 Å². The van der Waals surface area contributed by atoms with E-state index in [1.54, 1.807) is 0 Å². The first-order valence-electron chi connectivity index (χ1n) is 6.61. The molecule has 4 nitrogen and oxygen atoms in total. The Morgan fingerprint density at radius 1 is 1.47 bits per heavy atom. The van der Waals surface area contributed by atoms with Gasteiger partial charge in [0, 0.05) is 0 Å². The number of aliphatic hydroxyl groups excluding tert-OH is 2. The van der Waals surface area contributed by atoms with Crippen molar-refractivity contribution in [2.45, 2.75) is 63.2 Å². The molecule has 1 heterocycles. The van der Waals surface area contributed by atoms with E-state index in [1.165, 1.54) is 0 Å². The third-order valence-corrected chi connectivity index (χ3v) is 8.43. The topological polar surface area (TPSA) is 58.9 Å². The van der Waals surface area contributed by atoms with Crippen LogP contribution in [0.1, 0.15) is 20.8 Å². The molecule has 0 bridgehead atoms. The van der Waals surface area contributed by atoms with Crippen LogP contribution in [-0.4, -0.2) is 58.7 Å². The van der Waals surface area contributed by atoms with Gasteiger partial charge < -0.3 is 19.4 Å². The van der Waals surface area contributed by atoms with Gasteiger partial charge in [0.15, 0.2) is 8.32 Å². The molecule has 1 saturated heterocycles. The molecule has 0 aliphatic carbocycles. The van der Waals surface area contributed by atoms with Crippen molar-refractivity contribution in [3.8, 4) is 0 Å². The number of rotatable bonds is 4. The Morgan fingerprint density at radius 3 is 2.47 bits per heavy atom. The molecule has 0 aromatic carbocycles. The second kappa shape index (κ2) is 5.01. The lowest BCUT2D eigenvalue weighted by Gasteiger charge is -2.39. The van der Waals surface area contributed by atoms with Crippen molar-refractivity contribution in [1.29, 1.82) is 1.43 Å². The van der Waals surface area contributed by atoms with Crippen molar-refractivity contribution >= 4 is 16.2 Å². The van der Waals surface area contributed by atoms with Crippen LogP contribution < -0.4 is 0 Å². The van der Waals surface area contributed by atoms with Gasteiger partial charge in [0.05, 0.1) is 18.7 Å². The van der Waals surface area contributed by atoms with Gasteiger partial charge in [-0.2, -0.15) is 0 Å². The van der Waals surface area contributed by atoms with Crippen LogP contribution in [0.4, 0.5) is 0 Å². The fraction of sp³-hybridized carbons (Fsp3) is 1.00. The van der Waals surface area contributed by atoms with Crippen molar-refractivity contribution in [3.63, 3.8) is 0 Å². The molecule has 1 unspecified atom stereocenters. The van der Waals surface area contributed by atoms with Crippen molar-refractivity contribution in [3.05, 3.63) is 0 Å². The third-order valence-electron chi connectivity index (χ3n) is 3.96. The van der Waals surface area contributed by atoms with Crippen LogP contribution in [0.2, 0.25) is 18.1 Å². The highest BCUT2D eigenvalue weighted by Crippen LogP contribution is 2.39. The average Bonchev–Trinajstić information content (AvgIpc) is 2.53.